The highest BCUT2D eigenvalue weighted by atomic mass is 32.1. The zero-order chi connectivity index (χ0) is 11.5. The topological polar surface area (TPSA) is 82.0 Å². The van der Waals surface area contributed by atoms with Crippen LogP contribution in [0.15, 0.2) is 29.6 Å². The van der Waals surface area contributed by atoms with E-state index < -0.39 is 4.92 Å². The summed E-state index contributed by atoms with van der Waals surface area (Å²) in [4.78, 5) is 14.2. The molecular weight excluding hydrogens is 226 g/mol. The van der Waals surface area contributed by atoms with Crippen molar-refractivity contribution in [1.82, 2.24) is 4.98 Å². The zero-order valence-electron chi connectivity index (χ0n) is 8.29. The molecule has 16 heavy (non-hydrogen) atoms. The van der Waals surface area contributed by atoms with Crippen LogP contribution in [0.5, 0.6) is 0 Å². The molecule has 0 unspecified atom stereocenters. The lowest BCUT2D eigenvalue weighted by molar-refractivity contribution is -0.384. The summed E-state index contributed by atoms with van der Waals surface area (Å²) in [7, 11) is 0. The fraction of sp³-hybridized carbons (Fsp3) is 0.100. The Morgan fingerprint density at radius 3 is 2.56 bits per heavy atom. The van der Waals surface area contributed by atoms with Crippen molar-refractivity contribution in [3.8, 4) is 0 Å². The number of hydrogen-bond donors (Lipinski definition) is 1. The maximum atomic E-state index is 10.5. The van der Waals surface area contributed by atoms with Crippen LogP contribution in [0, 0.1) is 10.1 Å². The molecule has 2 aromatic rings. The average Bonchev–Trinajstić information content (AvgIpc) is 2.65. The number of hydrogen-bond acceptors (Lipinski definition) is 5. The van der Waals surface area contributed by atoms with Gasteiger partial charge in [0.25, 0.3) is 5.69 Å². The van der Waals surface area contributed by atoms with Crippen molar-refractivity contribution < 1.29 is 4.92 Å². The molecule has 0 fully saturated rings. The number of nitro groups is 1. The average molecular weight is 235 g/mol. The van der Waals surface area contributed by atoms with E-state index in [9.17, 15) is 10.1 Å². The molecule has 1 aromatic carbocycles. The molecular formula is C10H9N3O2S. The van der Waals surface area contributed by atoms with Gasteiger partial charge in [-0.3, -0.25) is 10.1 Å². The van der Waals surface area contributed by atoms with Crippen LogP contribution in [0.3, 0.4) is 0 Å². The van der Waals surface area contributed by atoms with Crippen LogP contribution in [-0.2, 0) is 6.42 Å². The first-order valence-electron chi connectivity index (χ1n) is 4.58. The van der Waals surface area contributed by atoms with Crippen molar-refractivity contribution in [2.24, 2.45) is 0 Å². The standard InChI is InChI=1S/C10H9N3O2S/c11-9-6-16-10(12-9)5-7-1-3-8(4-2-7)13(14)15/h1-4,6H,5,11H2. The predicted molar refractivity (Wildman–Crippen MR) is 62.4 cm³/mol. The number of benzene rings is 1. The van der Waals surface area contributed by atoms with E-state index in [1.165, 1.54) is 23.5 Å². The molecule has 0 spiro atoms. The second-order valence-corrected chi connectivity index (χ2v) is 4.21. The van der Waals surface area contributed by atoms with E-state index in [-0.39, 0.29) is 5.69 Å². The van der Waals surface area contributed by atoms with Gasteiger partial charge in [0.05, 0.1) is 9.93 Å². The van der Waals surface area contributed by atoms with E-state index in [1.54, 1.807) is 17.5 Å². The number of nitro benzene ring substituents is 1. The largest absolute Gasteiger partial charge is 0.383 e. The smallest absolute Gasteiger partial charge is 0.269 e. The Balaban J connectivity index is 2.14. The van der Waals surface area contributed by atoms with Crippen molar-refractivity contribution in [1.29, 1.82) is 0 Å². The van der Waals surface area contributed by atoms with Crippen molar-refractivity contribution in [3.05, 3.63) is 50.3 Å². The monoisotopic (exact) mass is 235 g/mol. The van der Waals surface area contributed by atoms with Gasteiger partial charge in [-0.15, -0.1) is 11.3 Å². The number of thiazole rings is 1. The van der Waals surface area contributed by atoms with Gasteiger partial charge >= 0.3 is 0 Å². The number of non-ortho nitro benzene ring substituents is 1. The number of nitrogen functional groups attached to an aromatic ring is 1. The first-order valence-corrected chi connectivity index (χ1v) is 5.46. The molecule has 2 rings (SSSR count). The summed E-state index contributed by atoms with van der Waals surface area (Å²) < 4.78 is 0. The minimum absolute atomic E-state index is 0.0994. The molecule has 0 bridgehead atoms. The van der Waals surface area contributed by atoms with Crippen LogP contribution in [0.1, 0.15) is 10.6 Å². The summed E-state index contributed by atoms with van der Waals surface area (Å²) in [5.74, 6) is 0.516. The predicted octanol–water partition coefficient (Wildman–Crippen LogP) is 2.22. The Bertz CT molecular complexity index is 507. The molecule has 82 valence electrons. The van der Waals surface area contributed by atoms with E-state index in [0.717, 1.165) is 10.6 Å². The zero-order valence-corrected chi connectivity index (χ0v) is 9.11. The van der Waals surface area contributed by atoms with E-state index in [4.69, 9.17) is 5.73 Å². The summed E-state index contributed by atoms with van der Waals surface area (Å²) in [6.07, 6.45) is 0.653. The van der Waals surface area contributed by atoms with Crippen molar-refractivity contribution >= 4 is 22.8 Å². The van der Waals surface area contributed by atoms with Gasteiger partial charge < -0.3 is 5.73 Å². The maximum Gasteiger partial charge on any atom is 0.269 e. The third-order valence-corrected chi connectivity index (χ3v) is 2.94. The van der Waals surface area contributed by atoms with Gasteiger partial charge in [-0.05, 0) is 5.56 Å². The van der Waals surface area contributed by atoms with Crippen molar-refractivity contribution in [3.63, 3.8) is 0 Å². The lowest BCUT2D eigenvalue weighted by Gasteiger charge is -1.97. The van der Waals surface area contributed by atoms with E-state index >= 15 is 0 Å². The summed E-state index contributed by atoms with van der Waals surface area (Å²) in [6.45, 7) is 0. The normalized spacial score (nSPS) is 10.2. The third-order valence-electron chi connectivity index (χ3n) is 2.07. The molecule has 1 heterocycles. The molecule has 0 amide bonds. The molecule has 0 saturated carbocycles. The van der Waals surface area contributed by atoms with Gasteiger partial charge in [0.15, 0.2) is 0 Å². The summed E-state index contributed by atoms with van der Waals surface area (Å²) >= 11 is 1.48. The van der Waals surface area contributed by atoms with E-state index in [0.29, 0.717) is 12.2 Å². The van der Waals surface area contributed by atoms with Gasteiger partial charge in [-0.25, -0.2) is 4.98 Å². The number of aromatic nitrogens is 1. The molecule has 0 atom stereocenters. The second kappa shape index (κ2) is 4.28. The molecule has 0 aliphatic carbocycles. The Kier molecular flexibility index (Phi) is 2.82. The van der Waals surface area contributed by atoms with Crippen molar-refractivity contribution in [2.45, 2.75) is 6.42 Å². The quantitative estimate of drug-likeness (QED) is 0.653. The van der Waals surface area contributed by atoms with Crippen LogP contribution in [0.25, 0.3) is 0 Å². The van der Waals surface area contributed by atoms with E-state index in [1.807, 2.05) is 0 Å². The Labute approximate surface area is 95.7 Å². The highest BCUT2D eigenvalue weighted by molar-refractivity contribution is 7.10. The first-order chi connectivity index (χ1) is 7.65. The molecule has 0 aliphatic rings. The summed E-state index contributed by atoms with van der Waals surface area (Å²) in [6, 6.07) is 6.45. The van der Waals surface area contributed by atoms with Crippen LogP contribution in [0.2, 0.25) is 0 Å². The summed E-state index contributed by atoms with van der Waals surface area (Å²) in [5.41, 5.74) is 6.59. The highest BCUT2D eigenvalue weighted by Crippen LogP contribution is 2.18. The van der Waals surface area contributed by atoms with Gasteiger partial charge in [0, 0.05) is 23.9 Å². The number of nitrogens with zero attached hydrogens (tertiary/aromatic N) is 2. The van der Waals surface area contributed by atoms with Crippen LogP contribution >= 0.6 is 11.3 Å². The Morgan fingerprint density at radius 1 is 1.38 bits per heavy atom. The molecule has 0 aliphatic heterocycles. The molecule has 0 radical (unpaired) electrons. The lowest BCUT2D eigenvalue weighted by atomic mass is 10.1. The van der Waals surface area contributed by atoms with Gasteiger partial charge in [-0.2, -0.15) is 0 Å². The first kappa shape index (κ1) is 10.6. The van der Waals surface area contributed by atoms with Gasteiger partial charge in [0.1, 0.15) is 5.82 Å². The molecule has 0 saturated heterocycles. The second-order valence-electron chi connectivity index (χ2n) is 3.27. The third kappa shape index (κ3) is 2.34. The number of anilines is 1. The molecule has 2 N–H and O–H groups in total. The minimum atomic E-state index is -0.412. The van der Waals surface area contributed by atoms with Crippen LogP contribution in [0.4, 0.5) is 11.5 Å². The van der Waals surface area contributed by atoms with Crippen LogP contribution < -0.4 is 5.73 Å². The molecule has 5 nitrogen and oxygen atoms in total. The van der Waals surface area contributed by atoms with E-state index in [2.05, 4.69) is 4.98 Å². The molecule has 1 aromatic heterocycles. The number of rotatable bonds is 3. The fourth-order valence-electron chi connectivity index (χ4n) is 1.32. The maximum absolute atomic E-state index is 10.5. The highest BCUT2D eigenvalue weighted by Gasteiger charge is 2.05. The minimum Gasteiger partial charge on any atom is -0.383 e. The van der Waals surface area contributed by atoms with Crippen LogP contribution in [-0.4, -0.2) is 9.91 Å². The Morgan fingerprint density at radius 2 is 2.06 bits per heavy atom. The van der Waals surface area contributed by atoms with Crippen molar-refractivity contribution in [2.75, 3.05) is 5.73 Å². The fourth-order valence-corrected chi connectivity index (χ4v) is 2.03. The summed E-state index contributed by atoms with van der Waals surface area (Å²) in [5, 5.41) is 13.1. The Hall–Kier alpha value is -1.95. The van der Waals surface area contributed by atoms with Gasteiger partial charge in [-0.1, -0.05) is 12.1 Å². The SMILES string of the molecule is Nc1csc(Cc2ccc([N+](=O)[O-])cc2)n1. The lowest BCUT2D eigenvalue weighted by Crippen LogP contribution is -1.91. The van der Waals surface area contributed by atoms with Gasteiger partial charge in [0.2, 0.25) is 0 Å². The number of nitrogens with two attached hydrogens (primary N) is 1. The molecule has 6 heteroatoms.